The second-order valence-electron chi connectivity index (χ2n) is 8.59. The highest BCUT2D eigenvalue weighted by Gasteiger charge is 2.20. The minimum absolute atomic E-state index is 0.434. The Labute approximate surface area is 196 Å². The minimum Gasteiger partial charge on any atom is -0.492 e. The predicted octanol–water partition coefficient (Wildman–Crippen LogP) is 6.30. The average Bonchev–Trinajstić information content (AvgIpc) is 2.83. The van der Waals surface area contributed by atoms with E-state index >= 15 is 0 Å². The number of pyridine rings is 1. The number of nitrogens with zero attached hydrogens (tertiary/aromatic N) is 2. The quantitative estimate of drug-likeness (QED) is 0.432. The molecule has 1 saturated heterocycles. The molecule has 1 aromatic heterocycles. The van der Waals surface area contributed by atoms with E-state index in [0.29, 0.717) is 12.6 Å². The molecule has 0 N–H and O–H groups in total. The standard InChI is InChI=1S/C28H29ClN2O/c1-21-15-17-31(18-16-21)22(2)20-32-28-13-4-23(5-14-28)3-11-27-12-8-25(19-30-27)24-6-9-26(29)10-7-24/h4-10,12-14,19,21-22H,15-18,20H2,1-2H3. The summed E-state index contributed by atoms with van der Waals surface area (Å²) in [5.74, 6) is 8.06. The van der Waals surface area contributed by atoms with Crippen LogP contribution < -0.4 is 4.74 Å². The topological polar surface area (TPSA) is 25.4 Å². The van der Waals surface area contributed by atoms with E-state index in [2.05, 4.69) is 35.6 Å². The third kappa shape index (κ3) is 6.13. The van der Waals surface area contributed by atoms with Crippen LogP contribution >= 0.6 is 11.6 Å². The lowest BCUT2D eigenvalue weighted by Crippen LogP contribution is -2.42. The van der Waals surface area contributed by atoms with Crippen LogP contribution in [0.3, 0.4) is 0 Å². The van der Waals surface area contributed by atoms with Gasteiger partial charge in [0.15, 0.2) is 0 Å². The van der Waals surface area contributed by atoms with Crippen molar-refractivity contribution in [3.8, 4) is 28.7 Å². The molecule has 1 atom stereocenters. The molecule has 1 fully saturated rings. The Balaban J connectivity index is 1.30. The van der Waals surface area contributed by atoms with Gasteiger partial charge in [0, 0.05) is 28.4 Å². The summed E-state index contributed by atoms with van der Waals surface area (Å²) < 4.78 is 6.02. The van der Waals surface area contributed by atoms with Gasteiger partial charge < -0.3 is 4.74 Å². The zero-order valence-corrected chi connectivity index (χ0v) is 19.5. The van der Waals surface area contributed by atoms with Crippen LogP contribution in [0.5, 0.6) is 5.75 Å². The Morgan fingerprint density at radius 1 is 0.969 bits per heavy atom. The van der Waals surface area contributed by atoms with Gasteiger partial charge in [0.1, 0.15) is 18.1 Å². The van der Waals surface area contributed by atoms with Gasteiger partial charge in [-0.3, -0.25) is 4.90 Å². The summed E-state index contributed by atoms with van der Waals surface area (Å²) in [5.41, 5.74) is 3.81. The van der Waals surface area contributed by atoms with Crippen LogP contribution in [0.25, 0.3) is 11.1 Å². The van der Waals surface area contributed by atoms with Gasteiger partial charge in [-0.05, 0) is 92.7 Å². The van der Waals surface area contributed by atoms with Crippen LogP contribution in [0.1, 0.15) is 37.9 Å². The molecule has 32 heavy (non-hydrogen) atoms. The third-order valence-electron chi connectivity index (χ3n) is 6.06. The summed E-state index contributed by atoms with van der Waals surface area (Å²) in [6.07, 6.45) is 4.42. The lowest BCUT2D eigenvalue weighted by atomic mass is 9.98. The van der Waals surface area contributed by atoms with Crippen molar-refractivity contribution in [1.29, 1.82) is 0 Å². The maximum absolute atomic E-state index is 6.02. The van der Waals surface area contributed by atoms with Crippen LogP contribution in [0.4, 0.5) is 0 Å². The average molecular weight is 445 g/mol. The summed E-state index contributed by atoms with van der Waals surface area (Å²) in [7, 11) is 0. The molecule has 4 rings (SSSR count). The molecule has 1 aliphatic heterocycles. The van der Waals surface area contributed by atoms with E-state index in [1.807, 2.05) is 66.9 Å². The first-order valence-electron chi connectivity index (χ1n) is 11.3. The zero-order chi connectivity index (χ0) is 22.3. The number of hydrogen-bond acceptors (Lipinski definition) is 3. The summed E-state index contributed by atoms with van der Waals surface area (Å²) in [6.45, 7) is 7.66. The SMILES string of the molecule is CC1CCN(C(C)COc2ccc(C#Cc3ccc(-c4ccc(Cl)cc4)cn3)cc2)CC1. The first kappa shape index (κ1) is 22.4. The van der Waals surface area contributed by atoms with Gasteiger partial charge in [-0.2, -0.15) is 0 Å². The van der Waals surface area contributed by atoms with Gasteiger partial charge in [0.05, 0.1) is 0 Å². The lowest BCUT2D eigenvalue weighted by molar-refractivity contribution is 0.108. The van der Waals surface area contributed by atoms with E-state index in [1.54, 1.807) is 0 Å². The highest BCUT2D eigenvalue weighted by atomic mass is 35.5. The molecule has 1 unspecified atom stereocenters. The van der Waals surface area contributed by atoms with E-state index in [-0.39, 0.29) is 0 Å². The number of likely N-dealkylation sites (tertiary alicyclic amines) is 1. The van der Waals surface area contributed by atoms with Crippen molar-refractivity contribution in [2.75, 3.05) is 19.7 Å². The molecule has 1 aliphatic rings. The van der Waals surface area contributed by atoms with Gasteiger partial charge in [-0.25, -0.2) is 4.98 Å². The summed E-state index contributed by atoms with van der Waals surface area (Å²) in [4.78, 5) is 7.00. The smallest absolute Gasteiger partial charge is 0.119 e. The van der Waals surface area contributed by atoms with Crippen LogP contribution in [-0.4, -0.2) is 35.6 Å². The number of benzene rings is 2. The van der Waals surface area contributed by atoms with Crippen molar-refractivity contribution in [1.82, 2.24) is 9.88 Å². The molecule has 0 saturated carbocycles. The van der Waals surface area contributed by atoms with E-state index in [9.17, 15) is 0 Å². The molecule has 2 aromatic carbocycles. The van der Waals surface area contributed by atoms with E-state index in [1.165, 1.54) is 25.9 Å². The number of hydrogen-bond donors (Lipinski definition) is 0. The fourth-order valence-corrected chi connectivity index (χ4v) is 3.97. The molecule has 164 valence electrons. The molecule has 0 spiro atoms. The number of aromatic nitrogens is 1. The molecule has 3 aromatic rings. The third-order valence-corrected chi connectivity index (χ3v) is 6.32. The van der Waals surface area contributed by atoms with E-state index < -0.39 is 0 Å². The van der Waals surface area contributed by atoms with Crippen molar-refractivity contribution in [2.45, 2.75) is 32.7 Å². The summed E-state index contributed by atoms with van der Waals surface area (Å²) in [6, 6.07) is 20.1. The maximum atomic E-state index is 6.02. The van der Waals surface area contributed by atoms with Crippen molar-refractivity contribution in [2.24, 2.45) is 5.92 Å². The van der Waals surface area contributed by atoms with Gasteiger partial charge in [-0.15, -0.1) is 0 Å². The predicted molar refractivity (Wildman–Crippen MR) is 132 cm³/mol. The first-order chi connectivity index (χ1) is 15.6. The molecular formula is C28H29ClN2O. The minimum atomic E-state index is 0.434. The maximum Gasteiger partial charge on any atom is 0.119 e. The Kier molecular flexibility index (Phi) is 7.47. The van der Waals surface area contributed by atoms with Gasteiger partial charge in [0.25, 0.3) is 0 Å². The van der Waals surface area contributed by atoms with Gasteiger partial charge in [0.2, 0.25) is 0 Å². The first-order valence-corrected chi connectivity index (χ1v) is 11.7. The molecular weight excluding hydrogens is 416 g/mol. The molecule has 3 nitrogen and oxygen atoms in total. The van der Waals surface area contributed by atoms with E-state index in [0.717, 1.165) is 39.1 Å². The molecule has 0 aliphatic carbocycles. The van der Waals surface area contributed by atoms with Crippen molar-refractivity contribution in [3.05, 3.63) is 83.1 Å². The number of ether oxygens (including phenoxy) is 1. The zero-order valence-electron chi connectivity index (χ0n) is 18.7. The van der Waals surface area contributed by atoms with Gasteiger partial charge >= 0.3 is 0 Å². The lowest BCUT2D eigenvalue weighted by Gasteiger charge is -2.34. The normalized spacial score (nSPS) is 15.6. The molecule has 4 heteroatoms. The number of piperidine rings is 1. The highest BCUT2D eigenvalue weighted by molar-refractivity contribution is 6.30. The van der Waals surface area contributed by atoms with E-state index in [4.69, 9.17) is 16.3 Å². The molecule has 0 radical (unpaired) electrons. The number of rotatable bonds is 5. The van der Waals surface area contributed by atoms with Crippen LogP contribution in [-0.2, 0) is 0 Å². The fraction of sp³-hybridized carbons (Fsp3) is 0.321. The Bertz CT molecular complexity index is 1060. The molecule has 0 bridgehead atoms. The highest BCUT2D eigenvalue weighted by Crippen LogP contribution is 2.21. The summed E-state index contributed by atoms with van der Waals surface area (Å²) in [5, 5.41) is 0.729. The van der Waals surface area contributed by atoms with Crippen molar-refractivity contribution < 1.29 is 4.74 Å². The fourth-order valence-electron chi connectivity index (χ4n) is 3.84. The monoisotopic (exact) mass is 444 g/mol. The Morgan fingerprint density at radius 2 is 1.66 bits per heavy atom. The largest absolute Gasteiger partial charge is 0.492 e. The van der Waals surface area contributed by atoms with Crippen molar-refractivity contribution in [3.63, 3.8) is 0 Å². The molecule has 2 heterocycles. The van der Waals surface area contributed by atoms with Crippen LogP contribution in [0, 0.1) is 17.8 Å². The van der Waals surface area contributed by atoms with Crippen LogP contribution in [0.15, 0.2) is 66.9 Å². The number of halogens is 1. The Hall–Kier alpha value is -2.80. The summed E-state index contributed by atoms with van der Waals surface area (Å²) >= 11 is 5.96. The van der Waals surface area contributed by atoms with Crippen LogP contribution in [0.2, 0.25) is 5.02 Å². The van der Waals surface area contributed by atoms with Crippen molar-refractivity contribution >= 4 is 11.6 Å². The second-order valence-corrected chi connectivity index (χ2v) is 9.03. The van der Waals surface area contributed by atoms with Gasteiger partial charge in [-0.1, -0.05) is 42.6 Å². The second kappa shape index (κ2) is 10.7. The molecule has 0 amide bonds. The Morgan fingerprint density at radius 3 is 2.31 bits per heavy atom.